The van der Waals surface area contributed by atoms with Crippen LogP contribution in [0.15, 0.2) is 29.4 Å². The molecule has 0 aliphatic carbocycles. The van der Waals surface area contributed by atoms with Gasteiger partial charge in [-0.3, -0.25) is 4.79 Å². The van der Waals surface area contributed by atoms with Gasteiger partial charge < -0.3 is 10.7 Å². The Morgan fingerprint density at radius 2 is 1.96 bits per heavy atom. The minimum absolute atomic E-state index is 0.114. The molecule has 1 amide bonds. The summed E-state index contributed by atoms with van der Waals surface area (Å²) in [6.07, 6.45) is -4.70. The Hall–Kier alpha value is -1.94. The number of nitrogens with two attached hydrogens (primary N) is 1. The van der Waals surface area contributed by atoms with Crippen LogP contribution in [0.4, 0.5) is 13.2 Å². The molecule has 130 valence electrons. The highest BCUT2D eigenvalue weighted by Gasteiger charge is 2.38. The Kier molecular flexibility index (Phi) is 5.60. The van der Waals surface area contributed by atoms with Crippen LogP contribution in [0.3, 0.4) is 0 Å². The van der Waals surface area contributed by atoms with Crippen LogP contribution in [0.5, 0.6) is 0 Å². The molecule has 0 atom stereocenters. The third-order valence-electron chi connectivity index (χ3n) is 3.00. The van der Waals surface area contributed by atoms with Crippen molar-refractivity contribution in [1.29, 1.82) is 0 Å². The second-order valence-electron chi connectivity index (χ2n) is 4.84. The van der Waals surface area contributed by atoms with Gasteiger partial charge in [0.1, 0.15) is 0 Å². The van der Waals surface area contributed by atoms with Crippen molar-refractivity contribution in [1.82, 2.24) is 19.8 Å². The quantitative estimate of drug-likeness (QED) is 0.637. The number of halogens is 4. The Labute approximate surface area is 144 Å². The van der Waals surface area contributed by atoms with E-state index in [-0.39, 0.29) is 16.8 Å². The zero-order valence-electron chi connectivity index (χ0n) is 12.4. The molecule has 2 aromatic rings. The van der Waals surface area contributed by atoms with Crippen LogP contribution in [-0.2, 0) is 17.5 Å². The van der Waals surface area contributed by atoms with Gasteiger partial charge in [0.25, 0.3) is 5.82 Å². The first-order valence-corrected chi connectivity index (χ1v) is 7.93. The molecule has 2 rings (SSSR count). The number of hydrogen-bond donors (Lipinski definition) is 1. The van der Waals surface area contributed by atoms with Gasteiger partial charge in [0.2, 0.25) is 11.1 Å². The van der Waals surface area contributed by atoms with Gasteiger partial charge in [-0.15, -0.1) is 10.2 Å². The molecule has 0 aliphatic heterocycles. The summed E-state index contributed by atoms with van der Waals surface area (Å²) in [5.74, 6) is 3.59. The fourth-order valence-electron chi connectivity index (χ4n) is 1.76. The lowest BCUT2D eigenvalue weighted by atomic mass is 10.2. The predicted octanol–water partition coefficient (Wildman–Crippen LogP) is 2.41. The SMILES string of the molecule is CN(Cc1ccc(Cl)cc1)C(=O)CSc1nnc(C(F)(F)F)n1N. The van der Waals surface area contributed by atoms with E-state index in [1.165, 1.54) is 4.90 Å². The molecule has 11 heteroatoms. The summed E-state index contributed by atoms with van der Waals surface area (Å²) in [5.41, 5.74) is 0.876. The molecule has 0 saturated carbocycles. The number of thioether (sulfide) groups is 1. The molecule has 0 spiro atoms. The maximum absolute atomic E-state index is 12.6. The van der Waals surface area contributed by atoms with Gasteiger partial charge in [0.05, 0.1) is 5.75 Å². The van der Waals surface area contributed by atoms with E-state index in [1.807, 2.05) is 0 Å². The molecule has 1 heterocycles. The maximum atomic E-state index is 12.6. The molecule has 0 bridgehead atoms. The van der Waals surface area contributed by atoms with Gasteiger partial charge in [-0.25, -0.2) is 4.68 Å². The Balaban J connectivity index is 1.93. The molecule has 6 nitrogen and oxygen atoms in total. The van der Waals surface area contributed by atoms with Gasteiger partial charge in [0, 0.05) is 18.6 Å². The Morgan fingerprint density at radius 1 is 1.33 bits per heavy atom. The van der Waals surface area contributed by atoms with E-state index in [1.54, 1.807) is 31.3 Å². The number of alkyl halides is 3. The van der Waals surface area contributed by atoms with Gasteiger partial charge in [-0.05, 0) is 17.7 Å². The topological polar surface area (TPSA) is 77.0 Å². The molecular formula is C13H13ClF3N5OS. The van der Waals surface area contributed by atoms with Gasteiger partial charge in [-0.2, -0.15) is 13.2 Å². The van der Waals surface area contributed by atoms with Crippen molar-refractivity contribution < 1.29 is 18.0 Å². The summed E-state index contributed by atoms with van der Waals surface area (Å²) in [7, 11) is 1.59. The minimum Gasteiger partial charge on any atom is -0.341 e. The van der Waals surface area contributed by atoms with Crippen LogP contribution in [0.2, 0.25) is 5.02 Å². The summed E-state index contributed by atoms with van der Waals surface area (Å²) in [4.78, 5) is 13.5. The molecule has 0 saturated heterocycles. The van der Waals surface area contributed by atoms with Crippen molar-refractivity contribution in [3.63, 3.8) is 0 Å². The van der Waals surface area contributed by atoms with Crippen molar-refractivity contribution in [2.75, 3.05) is 18.6 Å². The standard InChI is InChI=1S/C13H13ClF3N5OS/c1-21(6-8-2-4-9(14)5-3-8)10(23)7-24-12-20-19-11(22(12)18)13(15,16)17/h2-5H,6-7,18H2,1H3. The van der Waals surface area contributed by atoms with Gasteiger partial charge in [-0.1, -0.05) is 35.5 Å². The first kappa shape index (κ1) is 18.4. The number of carbonyl (C=O) groups excluding carboxylic acids is 1. The summed E-state index contributed by atoms with van der Waals surface area (Å²) < 4.78 is 38.0. The summed E-state index contributed by atoms with van der Waals surface area (Å²) in [6.45, 7) is 0.347. The number of carbonyl (C=O) groups is 1. The van der Waals surface area contributed by atoms with E-state index < -0.39 is 12.0 Å². The molecule has 0 radical (unpaired) electrons. The number of amides is 1. The van der Waals surface area contributed by atoms with Gasteiger partial charge >= 0.3 is 6.18 Å². The fourth-order valence-corrected chi connectivity index (χ4v) is 2.68. The van der Waals surface area contributed by atoms with Crippen molar-refractivity contribution in [3.05, 3.63) is 40.7 Å². The lowest BCUT2D eigenvalue weighted by molar-refractivity contribution is -0.146. The summed E-state index contributed by atoms with van der Waals surface area (Å²) >= 11 is 6.57. The van der Waals surface area contributed by atoms with Crippen LogP contribution in [0, 0.1) is 0 Å². The molecule has 0 unspecified atom stereocenters. The van der Waals surface area contributed by atoms with Crippen LogP contribution < -0.4 is 5.84 Å². The van der Waals surface area contributed by atoms with Crippen molar-refractivity contribution in [3.8, 4) is 0 Å². The number of nitrogen functional groups attached to an aromatic ring is 1. The van der Waals surface area contributed by atoms with Crippen LogP contribution in [0.25, 0.3) is 0 Å². The molecule has 2 N–H and O–H groups in total. The van der Waals surface area contributed by atoms with E-state index in [0.717, 1.165) is 17.3 Å². The summed E-state index contributed by atoms with van der Waals surface area (Å²) in [6, 6.07) is 6.98. The third-order valence-corrected chi connectivity index (χ3v) is 4.18. The molecule has 24 heavy (non-hydrogen) atoms. The van der Waals surface area contributed by atoms with Crippen molar-refractivity contribution in [2.45, 2.75) is 17.9 Å². The first-order chi connectivity index (χ1) is 11.2. The summed E-state index contributed by atoms with van der Waals surface area (Å²) in [5, 5.41) is 6.75. The second kappa shape index (κ2) is 7.31. The number of hydrogen-bond acceptors (Lipinski definition) is 5. The lowest BCUT2D eigenvalue weighted by Gasteiger charge is -2.17. The van der Waals surface area contributed by atoms with Crippen LogP contribution >= 0.6 is 23.4 Å². The molecule has 0 fully saturated rings. The molecule has 1 aromatic heterocycles. The molecular weight excluding hydrogens is 367 g/mol. The van der Waals surface area contributed by atoms with Crippen molar-refractivity contribution >= 4 is 29.3 Å². The predicted molar refractivity (Wildman–Crippen MR) is 83.8 cm³/mol. The number of benzene rings is 1. The molecule has 1 aromatic carbocycles. The number of aromatic nitrogens is 3. The smallest absolute Gasteiger partial charge is 0.341 e. The first-order valence-electron chi connectivity index (χ1n) is 6.57. The third kappa shape index (κ3) is 4.54. The van der Waals surface area contributed by atoms with Crippen LogP contribution in [0.1, 0.15) is 11.4 Å². The Bertz CT molecular complexity index is 719. The highest BCUT2D eigenvalue weighted by atomic mass is 35.5. The lowest BCUT2D eigenvalue weighted by Crippen LogP contribution is -2.28. The number of rotatable bonds is 5. The monoisotopic (exact) mass is 379 g/mol. The van der Waals surface area contributed by atoms with E-state index in [4.69, 9.17) is 17.4 Å². The second-order valence-corrected chi connectivity index (χ2v) is 6.22. The van der Waals surface area contributed by atoms with E-state index in [9.17, 15) is 18.0 Å². The van der Waals surface area contributed by atoms with E-state index in [0.29, 0.717) is 16.2 Å². The normalized spacial score (nSPS) is 11.5. The fraction of sp³-hybridized carbons (Fsp3) is 0.308. The maximum Gasteiger partial charge on any atom is 0.453 e. The zero-order chi connectivity index (χ0) is 17.9. The highest BCUT2D eigenvalue weighted by Crippen LogP contribution is 2.28. The van der Waals surface area contributed by atoms with Crippen molar-refractivity contribution in [2.24, 2.45) is 0 Å². The van der Waals surface area contributed by atoms with E-state index >= 15 is 0 Å². The minimum atomic E-state index is -4.70. The zero-order valence-corrected chi connectivity index (χ0v) is 14.0. The number of nitrogens with zero attached hydrogens (tertiary/aromatic N) is 4. The van der Waals surface area contributed by atoms with E-state index in [2.05, 4.69) is 10.2 Å². The highest BCUT2D eigenvalue weighted by molar-refractivity contribution is 7.99. The van der Waals surface area contributed by atoms with Gasteiger partial charge in [0.15, 0.2) is 0 Å². The Morgan fingerprint density at radius 3 is 2.50 bits per heavy atom. The average molecular weight is 380 g/mol. The average Bonchev–Trinajstić information content (AvgIpc) is 2.88. The largest absolute Gasteiger partial charge is 0.453 e. The molecule has 0 aliphatic rings. The van der Waals surface area contributed by atoms with Crippen LogP contribution in [-0.4, -0.2) is 38.5 Å².